The SMILES string of the molecule is Cn1cc(C(=O)Nc2cc(C(=O)Nc3ccc4cc(S(=O)(=O)O)c(S(=O)(=O)O)cc4c3)cn2C)cc1NC(=O)Nc1cc(C(=O)Nc2cc(C(=O)Nc3ccc4cc(S(=O)(=O)O)c(S(=O)(=O)O)cc4c3)cn2C)cn1C. The van der Waals surface area contributed by atoms with Gasteiger partial charge in [-0.25, -0.2) is 4.79 Å². The number of carbonyl (C=O) groups is 5. The van der Waals surface area contributed by atoms with Gasteiger partial charge in [0.2, 0.25) is 0 Å². The Labute approximate surface area is 430 Å². The maximum atomic E-state index is 13.4. The summed E-state index contributed by atoms with van der Waals surface area (Å²) in [5, 5.41) is 16.3. The minimum absolute atomic E-state index is 0.0802. The largest absolute Gasteiger partial charge is 0.337 e. The first-order valence-corrected chi connectivity index (χ1v) is 27.1. The molecule has 8 rings (SSSR count). The summed E-state index contributed by atoms with van der Waals surface area (Å²) in [6, 6.07) is 16.2. The lowest BCUT2D eigenvalue weighted by Crippen LogP contribution is -2.22. The molecule has 8 aromatic rings. The van der Waals surface area contributed by atoms with Crippen LogP contribution in [0, 0.1) is 0 Å². The third-order valence-corrected chi connectivity index (χ3v) is 15.3. The highest BCUT2D eigenvalue weighted by atomic mass is 32.2. The highest BCUT2D eigenvalue weighted by Gasteiger charge is 2.27. The number of aryl methyl sites for hydroxylation is 4. The molecule has 76 heavy (non-hydrogen) atoms. The molecule has 0 atom stereocenters. The van der Waals surface area contributed by atoms with Gasteiger partial charge < -0.3 is 39.5 Å². The first-order valence-electron chi connectivity index (χ1n) is 21.4. The molecule has 0 aliphatic heterocycles. The van der Waals surface area contributed by atoms with E-state index in [0.717, 1.165) is 24.3 Å². The van der Waals surface area contributed by atoms with Crippen LogP contribution >= 0.6 is 0 Å². The number of hydrogen-bond donors (Lipinski definition) is 10. The predicted molar refractivity (Wildman–Crippen MR) is 273 cm³/mol. The minimum atomic E-state index is -5.09. The molecule has 6 amide bonds. The summed E-state index contributed by atoms with van der Waals surface area (Å²) in [6.07, 6.45) is 5.67. The molecule has 0 spiro atoms. The van der Waals surface area contributed by atoms with Gasteiger partial charge in [0.05, 0.1) is 22.3 Å². The summed E-state index contributed by atoms with van der Waals surface area (Å²) in [5.41, 5.74) is 0.650. The predicted octanol–water partition coefficient (Wildman–Crippen LogP) is 4.99. The number of anilines is 6. The van der Waals surface area contributed by atoms with Gasteiger partial charge >= 0.3 is 6.03 Å². The molecule has 0 bridgehead atoms. The van der Waals surface area contributed by atoms with Gasteiger partial charge in [-0.3, -0.25) is 48.0 Å². The van der Waals surface area contributed by atoms with Crippen molar-refractivity contribution in [3.05, 3.63) is 132 Å². The number of hydrogen-bond acceptors (Lipinski definition) is 13. The molecular formula is C45H40N10O17S4. The van der Waals surface area contributed by atoms with Crippen molar-refractivity contribution in [3.8, 4) is 0 Å². The molecule has 0 fully saturated rings. The van der Waals surface area contributed by atoms with Crippen molar-refractivity contribution in [1.82, 2.24) is 18.3 Å². The van der Waals surface area contributed by atoms with E-state index in [0.29, 0.717) is 0 Å². The summed E-state index contributed by atoms with van der Waals surface area (Å²) >= 11 is 0. The van der Waals surface area contributed by atoms with E-state index in [2.05, 4.69) is 31.9 Å². The molecule has 0 saturated heterocycles. The lowest BCUT2D eigenvalue weighted by Gasteiger charge is -2.09. The van der Waals surface area contributed by atoms with Crippen molar-refractivity contribution in [3.63, 3.8) is 0 Å². The van der Waals surface area contributed by atoms with Crippen LogP contribution in [0.2, 0.25) is 0 Å². The maximum absolute atomic E-state index is 13.4. The van der Waals surface area contributed by atoms with Gasteiger partial charge in [0, 0.05) is 64.4 Å². The lowest BCUT2D eigenvalue weighted by molar-refractivity contribution is 0.101. The Kier molecular flexibility index (Phi) is 13.8. The molecular weight excluding hydrogens is 1080 g/mol. The van der Waals surface area contributed by atoms with E-state index in [-0.39, 0.29) is 78.4 Å². The zero-order valence-electron chi connectivity index (χ0n) is 39.4. The van der Waals surface area contributed by atoms with Crippen molar-refractivity contribution in [2.75, 3.05) is 31.9 Å². The summed E-state index contributed by atoms with van der Waals surface area (Å²) < 4.78 is 139. The van der Waals surface area contributed by atoms with Crippen LogP contribution in [0.25, 0.3) is 21.5 Å². The van der Waals surface area contributed by atoms with Gasteiger partial charge in [-0.2, -0.15) is 33.7 Å². The van der Waals surface area contributed by atoms with Gasteiger partial charge in [-0.15, -0.1) is 0 Å². The number of benzene rings is 4. The van der Waals surface area contributed by atoms with Gasteiger partial charge in [-0.05, 0) is 94.3 Å². The van der Waals surface area contributed by atoms with Crippen molar-refractivity contribution in [2.24, 2.45) is 28.2 Å². The highest BCUT2D eigenvalue weighted by Crippen LogP contribution is 2.32. The molecule has 4 heterocycles. The van der Waals surface area contributed by atoms with Crippen molar-refractivity contribution >= 4 is 126 Å². The summed E-state index contributed by atoms with van der Waals surface area (Å²) in [7, 11) is -14.0. The molecule has 0 saturated carbocycles. The van der Waals surface area contributed by atoms with Crippen LogP contribution in [0.15, 0.2) is 129 Å². The van der Waals surface area contributed by atoms with E-state index in [1.807, 2.05) is 0 Å². The Hall–Kier alpha value is -8.69. The highest BCUT2D eigenvalue weighted by molar-refractivity contribution is 7.89. The van der Waals surface area contributed by atoms with Crippen molar-refractivity contribution < 1.29 is 75.9 Å². The monoisotopic (exact) mass is 1120 g/mol. The second kappa shape index (κ2) is 19.5. The van der Waals surface area contributed by atoms with Crippen molar-refractivity contribution in [2.45, 2.75) is 19.6 Å². The number of aromatic nitrogens is 4. The Bertz CT molecular complexity index is 4020. The van der Waals surface area contributed by atoms with Crippen LogP contribution in [0.5, 0.6) is 0 Å². The topological polar surface area (TPSA) is 395 Å². The van der Waals surface area contributed by atoms with Crippen LogP contribution in [-0.2, 0) is 68.7 Å². The standard InChI is InChI=1S/C45H40N10O17S4/c1-52-19-27(41(56)46-31-7-5-23-11-33(73(61,62)63)35(75(67,68)69)13-25(23)9-31)15-37(52)48-43(58)29-17-39(54(3)21-29)50-45(60)51-40-18-30(22-55(40)4)44(59)49-38-16-28(20-53(38)2)42(57)47-32-8-6-24-12-34(74(64,65)66)36(76(70,71)72)14-26(24)10-32/h5-22H,1-4H3,(H,46,56)(H,47,57)(H,48,58)(H,49,59)(H2,50,51,60)(H,61,62,63)(H,64,65,66)(H,67,68,69)(H,70,71,72). The van der Waals surface area contributed by atoms with E-state index in [1.54, 1.807) is 28.2 Å². The first-order chi connectivity index (χ1) is 35.3. The van der Waals surface area contributed by atoms with E-state index < -0.39 is 89.7 Å². The normalized spacial score (nSPS) is 12.1. The van der Waals surface area contributed by atoms with Crippen LogP contribution in [0.3, 0.4) is 0 Å². The van der Waals surface area contributed by atoms with Gasteiger partial charge in [0.1, 0.15) is 42.9 Å². The number of carbonyl (C=O) groups excluding carboxylic acids is 5. The van der Waals surface area contributed by atoms with Gasteiger partial charge in [0.25, 0.3) is 64.1 Å². The van der Waals surface area contributed by atoms with Crippen LogP contribution in [0.4, 0.5) is 39.4 Å². The Morgan fingerprint density at radius 3 is 0.868 bits per heavy atom. The molecule has 0 aliphatic rings. The van der Waals surface area contributed by atoms with Crippen LogP contribution < -0.4 is 31.9 Å². The van der Waals surface area contributed by atoms with Crippen LogP contribution in [-0.4, -0.2) is 99.8 Å². The van der Waals surface area contributed by atoms with E-state index in [1.165, 1.54) is 104 Å². The third-order valence-electron chi connectivity index (χ3n) is 11.5. The Balaban J connectivity index is 0.867. The number of nitrogens with zero attached hydrogens (tertiary/aromatic N) is 4. The summed E-state index contributed by atoms with van der Waals surface area (Å²) in [4.78, 5) is 62.2. The third kappa shape index (κ3) is 11.5. The Morgan fingerprint density at radius 1 is 0.342 bits per heavy atom. The number of fused-ring (bicyclic) bond motifs is 2. The zero-order valence-corrected chi connectivity index (χ0v) is 42.7. The van der Waals surface area contributed by atoms with Gasteiger partial charge in [0.15, 0.2) is 0 Å². The maximum Gasteiger partial charge on any atom is 0.325 e. The zero-order chi connectivity index (χ0) is 55.6. The molecule has 10 N–H and O–H groups in total. The number of amides is 6. The first kappa shape index (κ1) is 53.6. The van der Waals surface area contributed by atoms with Crippen molar-refractivity contribution in [1.29, 1.82) is 0 Å². The molecule has 0 aliphatic carbocycles. The lowest BCUT2D eigenvalue weighted by atomic mass is 10.1. The summed E-state index contributed by atoms with van der Waals surface area (Å²) in [5.74, 6) is -1.83. The smallest absolute Gasteiger partial charge is 0.325 e. The Morgan fingerprint density at radius 2 is 0.592 bits per heavy atom. The second-order valence-corrected chi connectivity index (χ2v) is 22.5. The molecule has 0 radical (unpaired) electrons. The number of nitrogens with one attached hydrogen (secondary N) is 6. The molecule has 4 aromatic carbocycles. The molecule has 396 valence electrons. The summed E-state index contributed by atoms with van der Waals surface area (Å²) in [6.45, 7) is 0. The average Bonchev–Trinajstić information content (AvgIpc) is 4.09. The van der Waals surface area contributed by atoms with Gasteiger partial charge in [-0.1, -0.05) is 12.1 Å². The fourth-order valence-electron chi connectivity index (χ4n) is 7.77. The molecule has 27 nitrogen and oxygen atoms in total. The number of urea groups is 1. The van der Waals surface area contributed by atoms with E-state index in [9.17, 15) is 75.9 Å². The molecule has 4 aromatic heterocycles. The number of rotatable bonds is 14. The quantitative estimate of drug-likeness (QED) is 0.0641. The molecule has 0 unspecified atom stereocenters. The fraction of sp³-hybridized carbons (Fsp3) is 0.0889. The minimum Gasteiger partial charge on any atom is -0.337 e. The fourth-order valence-corrected chi connectivity index (χ4v) is 11.4. The van der Waals surface area contributed by atoms with E-state index >= 15 is 0 Å². The average molecular weight is 1120 g/mol. The van der Waals surface area contributed by atoms with Crippen LogP contribution in [0.1, 0.15) is 41.4 Å². The van der Waals surface area contributed by atoms with E-state index in [4.69, 9.17) is 0 Å². The molecule has 31 heteroatoms. The second-order valence-electron chi connectivity index (χ2n) is 16.9.